The van der Waals surface area contributed by atoms with Crippen LogP contribution in [0.3, 0.4) is 0 Å². The van der Waals surface area contributed by atoms with Crippen LogP contribution in [0.25, 0.3) is 0 Å². The highest BCUT2D eigenvalue weighted by Crippen LogP contribution is 2.46. The van der Waals surface area contributed by atoms with E-state index in [1.54, 1.807) is 40.9 Å². The number of alkyl halides is 3. The van der Waals surface area contributed by atoms with Crippen molar-refractivity contribution in [3.8, 4) is 6.07 Å². The van der Waals surface area contributed by atoms with Gasteiger partial charge in [-0.3, -0.25) is 9.59 Å². The fraction of sp³-hybridized carbons (Fsp3) is 0.478. The van der Waals surface area contributed by atoms with Crippen LogP contribution in [0.5, 0.6) is 0 Å². The molecular formula is C23H24F3N5O2S. The molecule has 1 aromatic carbocycles. The van der Waals surface area contributed by atoms with Gasteiger partial charge in [-0.2, -0.15) is 18.4 Å². The molecule has 34 heavy (non-hydrogen) atoms. The number of amides is 2. The molecular weight excluding hydrogens is 467 g/mol. The van der Waals surface area contributed by atoms with E-state index >= 15 is 0 Å². The van der Waals surface area contributed by atoms with Crippen molar-refractivity contribution in [1.29, 1.82) is 5.26 Å². The number of anilines is 1. The van der Waals surface area contributed by atoms with E-state index in [1.807, 2.05) is 0 Å². The average Bonchev–Trinajstić information content (AvgIpc) is 3.46. The standard InChI is InChI=1S/C23H24F3N5O2S/c1-29(2)21(33)19-10-22(5-7-30(8-6-22)20(32)18-12-34-14-28-18)13-31(19)16-4-3-15(11-27)17(9-16)23(24,25)26/h3-4,9,12,14,19H,5-8,10,13H2,1-2H3. The highest BCUT2D eigenvalue weighted by Gasteiger charge is 2.49. The van der Waals surface area contributed by atoms with Gasteiger partial charge in [-0.1, -0.05) is 0 Å². The monoisotopic (exact) mass is 491 g/mol. The molecule has 0 aliphatic carbocycles. The van der Waals surface area contributed by atoms with E-state index < -0.39 is 23.3 Å². The summed E-state index contributed by atoms with van der Waals surface area (Å²) in [4.78, 5) is 34.7. The van der Waals surface area contributed by atoms with E-state index in [1.165, 1.54) is 22.3 Å². The van der Waals surface area contributed by atoms with Crippen molar-refractivity contribution in [2.75, 3.05) is 38.6 Å². The van der Waals surface area contributed by atoms with Crippen LogP contribution in [0.2, 0.25) is 0 Å². The summed E-state index contributed by atoms with van der Waals surface area (Å²) in [6, 6.07) is 4.58. The number of piperidine rings is 1. The van der Waals surface area contributed by atoms with Crippen LogP contribution in [0, 0.1) is 16.7 Å². The van der Waals surface area contributed by atoms with Crippen molar-refractivity contribution in [1.82, 2.24) is 14.8 Å². The quantitative estimate of drug-likeness (QED) is 0.655. The number of hydrogen-bond acceptors (Lipinski definition) is 6. The molecule has 1 spiro atoms. The zero-order chi connectivity index (χ0) is 24.7. The van der Waals surface area contributed by atoms with Gasteiger partial charge in [-0.05, 0) is 42.9 Å². The number of likely N-dealkylation sites (N-methyl/N-ethyl adjacent to an activating group) is 1. The number of hydrogen-bond donors (Lipinski definition) is 0. The third kappa shape index (κ3) is 4.46. The summed E-state index contributed by atoms with van der Waals surface area (Å²) in [5.41, 5.74) is 0.526. The van der Waals surface area contributed by atoms with Crippen molar-refractivity contribution in [2.45, 2.75) is 31.5 Å². The first kappa shape index (κ1) is 24.0. The summed E-state index contributed by atoms with van der Waals surface area (Å²) in [6.45, 7) is 1.39. The minimum absolute atomic E-state index is 0.131. The number of rotatable bonds is 3. The van der Waals surface area contributed by atoms with Gasteiger partial charge in [0.05, 0.1) is 22.7 Å². The number of likely N-dealkylation sites (tertiary alicyclic amines) is 1. The molecule has 1 atom stereocenters. The topological polar surface area (TPSA) is 80.5 Å². The summed E-state index contributed by atoms with van der Waals surface area (Å²) < 4.78 is 40.7. The predicted octanol–water partition coefficient (Wildman–Crippen LogP) is 3.62. The Bertz CT molecular complexity index is 1120. The fourth-order valence-corrected chi connectivity index (χ4v) is 5.44. The van der Waals surface area contributed by atoms with Crippen LogP contribution >= 0.6 is 11.3 Å². The summed E-state index contributed by atoms with van der Waals surface area (Å²) in [5, 5.41) is 10.8. The second kappa shape index (κ2) is 8.91. The van der Waals surface area contributed by atoms with Gasteiger partial charge in [0.15, 0.2) is 0 Å². The zero-order valence-electron chi connectivity index (χ0n) is 18.8. The second-order valence-corrected chi connectivity index (χ2v) is 9.80. The molecule has 4 rings (SSSR count). The van der Waals surface area contributed by atoms with Crippen LogP contribution in [0.4, 0.5) is 18.9 Å². The normalized spacial score (nSPS) is 19.8. The van der Waals surface area contributed by atoms with Crippen molar-refractivity contribution in [3.63, 3.8) is 0 Å². The van der Waals surface area contributed by atoms with Crippen LogP contribution in [0.15, 0.2) is 29.1 Å². The van der Waals surface area contributed by atoms with Crippen molar-refractivity contribution in [2.24, 2.45) is 5.41 Å². The lowest BCUT2D eigenvalue weighted by Gasteiger charge is -2.39. The van der Waals surface area contributed by atoms with E-state index in [2.05, 4.69) is 4.98 Å². The predicted molar refractivity (Wildman–Crippen MR) is 120 cm³/mol. The maximum atomic E-state index is 13.6. The molecule has 0 saturated carbocycles. The van der Waals surface area contributed by atoms with Crippen LogP contribution in [-0.2, 0) is 11.0 Å². The van der Waals surface area contributed by atoms with Gasteiger partial charge in [0.25, 0.3) is 5.91 Å². The number of halogens is 3. The third-order valence-electron chi connectivity index (χ3n) is 6.76. The Labute approximate surface area is 199 Å². The Morgan fingerprint density at radius 3 is 2.53 bits per heavy atom. The molecule has 2 aliphatic heterocycles. The largest absolute Gasteiger partial charge is 0.417 e. The molecule has 1 unspecified atom stereocenters. The van der Waals surface area contributed by atoms with Crippen molar-refractivity contribution >= 4 is 28.8 Å². The first-order chi connectivity index (χ1) is 16.0. The van der Waals surface area contributed by atoms with Crippen LogP contribution < -0.4 is 4.90 Å². The molecule has 3 heterocycles. The van der Waals surface area contributed by atoms with Gasteiger partial charge in [-0.25, -0.2) is 4.98 Å². The number of carbonyl (C=O) groups is 2. The van der Waals surface area contributed by atoms with E-state index in [0.29, 0.717) is 44.6 Å². The molecule has 180 valence electrons. The Balaban J connectivity index is 1.61. The Kier molecular flexibility index (Phi) is 6.29. The first-order valence-corrected chi connectivity index (χ1v) is 11.8. The molecule has 0 radical (unpaired) electrons. The highest BCUT2D eigenvalue weighted by molar-refractivity contribution is 7.07. The smallest absolute Gasteiger partial charge is 0.359 e. The molecule has 0 N–H and O–H groups in total. The summed E-state index contributed by atoms with van der Waals surface area (Å²) >= 11 is 1.35. The summed E-state index contributed by atoms with van der Waals surface area (Å²) in [7, 11) is 3.25. The number of nitrogens with zero attached hydrogens (tertiary/aromatic N) is 5. The molecule has 1 aromatic heterocycles. The Morgan fingerprint density at radius 2 is 1.97 bits per heavy atom. The third-order valence-corrected chi connectivity index (χ3v) is 7.34. The molecule has 7 nitrogen and oxygen atoms in total. The average molecular weight is 492 g/mol. The fourth-order valence-electron chi connectivity index (χ4n) is 4.92. The first-order valence-electron chi connectivity index (χ1n) is 10.8. The van der Waals surface area contributed by atoms with Gasteiger partial charge in [0.1, 0.15) is 11.7 Å². The number of benzene rings is 1. The molecule has 2 amide bonds. The highest BCUT2D eigenvalue weighted by atomic mass is 32.1. The molecule has 2 aliphatic rings. The van der Waals surface area contributed by atoms with Crippen molar-refractivity contribution in [3.05, 3.63) is 45.9 Å². The van der Waals surface area contributed by atoms with Gasteiger partial charge >= 0.3 is 6.18 Å². The van der Waals surface area contributed by atoms with E-state index in [9.17, 15) is 22.8 Å². The molecule has 2 saturated heterocycles. The van der Waals surface area contributed by atoms with Crippen LogP contribution in [0.1, 0.15) is 40.9 Å². The summed E-state index contributed by atoms with van der Waals surface area (Å²) in [6.07, 6.45) is -2.91. The lowest BCUT2D eigenvalue weighted by Crippen LogP contribution is -2.44. The van der Waals surface area contributed by atoms with E-state index in [-0.39, 0.29) is 22.9 Å². The SMILES string of the molecule is CN(C)C(=O)C1CC2(CCN(C(=O)c3cscn3)CC2)CN1c1ccc(C#N)c(C(F)(F)F)c1. The van der Waals surface area contributed by atoms with Gasteiger partial charge < -0.3 is 14.7 Å². The Morgan fingerprint density at radius 1 is 1.26 bits per heavy atom. The van der Waals surface area contributed by atoms with Gasteiger partial charge in [0, 0.05) is 44.8 Å². The second-order valence-electron chi connectivity index (χ2n) is 9.09. The number of carbonyl (C=O) groups excluding carboxylic acids is 2. The zero-order valence-corrected chi connectivity index (χ0v) is 19.6. The van der Waals surface area contributed by atoms with Crippen molar-refractivity contribution < 1.29 is 22.8 Å². The minimum Gasteiger partial charge on any atom is -0.359 e. The Hall–Kier alpha value is -3.13. The lowest BCUT2D eigenvalue weighted by atomic mass is 9.76. The maximum Gasteiger partial charge on any atom is 0.417 e. The molecule has 2 fully saturated rings. The van der Waals surface area contributed by atoms with Gasteiger partial charge in [-0.15, -0.1) is 11.3 Å². The number of aromatic nitrogens is 1. The van der Waals surface area contributed by atoms with Crippen LogP contribution in [-0.4, -0.2) is 66.4 Å². The van der Waals surface area contributed by atoms with E-state index in [0.717, 1.165) is 12.1 Å². The molecule has 0 bridgehead atoms. The lowest BCUT2D eigenvalue weighted by molar-refractivity contribution is -0.137. The number of nitriles is 1. The molecule has 2 aromatic rings. The summed E-state index contributed by atoms with van der Waals surface area (Å²) in [5.74, 6) is -0.315. The molecule has 11 heteroatoms. The minimum atomic E-state index is -4.68. The van der Waals surface area contributed by atoms with Gasteiger partial charge in [0.2, 0.25) is 5.91 Å². The number of thiazole rings is 1. The maximum absolute atomic E-state index is 13.6. The van der Waals surface area contributed by atoms with E-state index in [4.69, 9.17) is 5.26 Å².